The van der Waals surface area contributed by atoms with Crippen LogP contribution in [0.2, 0.25) is 0 Å². The molecule has 0 saturated heterocycles. The molecule has 1 aliphatic rings. The van der Waals surface area contributed by atoms with E-state index in [1.807, 2.05) is 31.2 Å². The number of hydrogen-bond acceptors (Lipinski definition) is 4. The fraction of sp³-hybridized carbons (Fsp3) is 0.353. The van der Waals surface area contributed by atoms with Gasteiger partial charge in [-0.15, -0.1) is 0 Å². The van der Waals surface area contributed by atoms with Crippen LogP contribution >= 0.6 is 0 Å². The van der Waals surface area contributed by atoms with Gasteiger partial charge in [-0.2, -0.15) is 0 Å². The van der Waals surface area contributed by atoms with E-state index < -0.39 is 0 Å². The minimum absolute atomic E-state index is 0.0806. The molecule has 4 N–H and O–H groups in total. The van der Waals surface area contributed by atoms with Gasteiger partial charge in [-0.1, -0.05) is 6.92 Å². The smallest absolute Gasteiger partial charge is 0.226 e. The third kappa shape index (κ3) is 3.41. The summed E-state index contributed by atoms with van der Waals surface area (Å²) in [5.41, 5.74) is 1.83. The lowest BCUT2D eigenvalue weighted by Gasteiger charge is -2.08. The van der Waals surface area contributed by atoms with Crippen LogP contribution in [0.5, 0.6) is 5.75 Å². The molecule has 2 aromatic rings. The number of aromatic amines is 1. The summed E-state index contributed by atoms with van der Waals surface area (Å²) in [7, 11) is 0. The Labute approximate surface area is 134 Å². The average Bonchev–Trinajstić information content (AvgIpc) is 3.17. The molecule has 0 bridgehead atoms. The maximum atomic E-state index is 12.0. The van der Waals surface area contributed by atoms with Gasteiger partial charge in [0.05, 0.1) is 12.3 Å². The standard InChI is InChI=1S/C17H20N4O2/c1-17(4-5-17)16(22)20-9-13-6-11-2-3-14(7-15(11)21-13)23-10-12(19)8-18/h2-3,6-8,18-19,21H,4-5,9-10H2,1H3,(H,20,22). The number of fused-ring (bicyclic) bond motifs is 1. The van der Waals surface area contributed by atoms with Crippen molar-refractivity contribution in [1.29, 1.82) is 10.8 Å². The second kappa shape index (κ2) is 5.87. The zero-order valence-corrected chi connectivity index (χ0v) is 13.0. The quantitative estimate of drug-likeness (QED) is 0.591. The average molecular weight is 312 g/mol. The summed E-state index contributed by atoms with van der Waals surface area (Å²) in [6.07, 6.45) is 2.91. The van der Waals surface area contributed by atoms with Gasteiger partial charge in [-0.3, -0.25) is 4.79 Å². The van der Waals surface area contributed by atoms with Gasteiger partial charge >= 0.3 is 0 Å². The van der Waals surface area contributed by atoms with Crippen LogP contribution in [0.25, 0.3) is 10.9 Å². The predicted molar refractivity (Wildman–Crippen MR) is 89.5 cm³/mol. The van der Waals surface area contributed by atoms with Crippen molar-refractivity contribution in [3.05, 3.63) is 30.0 Å². The molecular formula is C17H20N4O2. The van der Waals surface area contributed by atoms with Gasteiger partial charge in [0.1, 0.15) is 12.4 Å². The molecule has 1 aliphatic carbocycles. The molecule has 3 rings (SSSR count). The van der Waals surface area contributed by atoms with E-state index in [1.54, 1.807) is 0 Å². The largest absolute Gasteiger partial charge is 0.487 e. The summed E-state index contributed by atoms with van der Waals surface area (Å²) in [6, 6.07) is 7.64. The van der Waals surface area contributed by atoms with Crippen LogP contribution in [0.15, 0.2) is 24.3 Å². The lowest BCUT2D eigenvalue weighted by atomic mass is 10.1. The molecule has 1 aromatic heterocycles. The van der Waals surface area contributed by atoms with E-state index in [1.165, 1.54) is 0 Å². The van der Waals surface area contributed by atoms with Crippen molar-refractivity contribution in [2.75, 3.05) is 6.61 Å². The molecule has 1 fully saturated rings. The summed E-state index contributed by atoms with van der Waals surface area (Å²) in [5, 5.41) is 18.4. The highest BCUT2D eigenvalue weighted by Crippen LogP contribution is 2.45. The zero-order chi connectivity index (χ0) is 16.4. The number of ether oxygens (including phenoxy) is 1. The van der Waals surface area contributed by atoms with Gasteiger partial charge in [0, 0.05) is 28.9 Å². The van der Waals surface area contributed by atoms with Gasteiger partial charge in [-0.25, -0.2) is 0 Å². The number of hydrogen-bond donors (Lipinski definition) is 4. The van der Waals surface area contributed by atoms with Crippen molar-refractivity contribution in [3.63, 3.8) is 0 Å². The van der Waals surface area contributed by atoms with Crippen LogP contribution in [-0.2, 0) is 11.3 Å². The van der Waals surface area contributed by atoms with Crippen molar-refractivity contribution in [2.45, 2.75) is 26.3 Å². The molecular weight excluding hydrogens is 292 g/mol. The van der Waals surface area contributed by atoms with Crippen molar-refractivity contribution >= 4 is 28.7 Å². The maximum Gasteiger partial charge on any atom is 0.226 e. The number of aromatic nitrogens is 1. The van der Waals surface area contributed by atoms with Crippen molar-refractivity contribution < 1.29 is 9.53 Å². The Hall–Kier alpha value is -2.63. The highest BCUT2D eigenvalue weighted by atomic mass is 16.5. The first-order valence-electron chi connectivity index (χ1n) is 7.61. The molecule has 120 valence electrons. The summed E-state index contributed by atoms with van der Waals surface area (Å²) >= 11 is 0. The van der Waals surface area contributed by atoms with Crippen LogP contribution in [-0.4, -0.2) is 29.4 Å². The Morgan fingerprint density at radius 3 is 2.91 bits per heavy atom. The highest BCUT2D eigenvalue weighted by Gasteiger charge is 2.44. The number of benzene rings is 1. The van der Waals surface area contributed by atoms with E-state index in [9.17, 15) is 4.79 Å². The van der Waals surface area contributed by atoms with Gasteiger partial charge in [0.2, 0.25) is 5.91 Å². The fourth-order valence-electron chi connectivity index (χ4n) is 2.36. The lowest BCUT2D eigenvalue weighted by molar-refractivity contribution is -0.125. The SMILES string of the molecule is CC1(C(=O)NCc2cc3ccc(OCC(=N)C=N)cc3[nH]2)CC1. The Balaban J connectivity index is 1.65. The van der Waals surface area contributed by atoms with E-state index >= 15 is 0 Å². The first-order valence-corrected chi connectivity index (χ1v) is 7.61. The number of H-pyrrole nitrogens is 1. The normalized spacial score (nSPS) is 15.2. The zero-order valence-electron chi connectivity index (χ0n) is 13.0. The molecule has 6 nitrogen and oxygen atoms in total. The molecule has 0 aliphatic heterocycles. The second-order valence-corrected chi connectivity index (χ2v) is 6.25. The molecule has 1 heterocycles. The summed E-state index contributed by atoms with van der Waals surface area (Å²) in [5.74, 6) is 0.761. The van der Waals surface area contributed by atoms with Crippen LogP contribution in [0.1, 0.15) is 25.5 Å². The minimum Gasteiger partial charge on any atom is -0.487 e. The van der Waals surface area contributed by atoms with Crippen LogP contribution in [0.4, 0.5) is 0 Å². The summed E-state index contributed by atoms with van der Waals surface area (Å²) in [6.45, 7) is 2.55. The topological polar surface area (TPSA) is 102 Å². The molecule has 23 heavy (non-hydrogen) atoms. The minimum atomic E-state index is -0.160. The second-order valence-electron chi connectivity index (χ2n) is 6.25. The number of carbonyl (C=O) groups excluding carboxylic acids is 1. The molecule has 0 spiro atoms. The fourth-order valence-corrected chi connectivity index (χ4v) is 2.36. The Morgan fingerprint density at radius 1 is 1.43 bits per heavy atom. The van der Waals surface area contributed by atoms with E-state index in [4.69, 9.17) is 15.6 Å². The van der Waals surface area contributed by atoms with Gasteiger partial charge in [0.15, 0.2) is 0 Å². The van der Waals surface area contributed by atoms with Crippen molar-refractivity contribution in [3.8, 4) is 5.75 Å². The molecule has 1 amide bonds. The van der Waals surface area contributed by atoms with Crippen LogP contribution < -0.4 is 10.1 Å². The molecule has 6 heteroatoms. The van der Waals surface area contributed by atoms with Crippen molar-refractivity contribution in [1.82, 2.24) is 10.3 Å². The lowest BCUT2D eigenvalue weighted by Crippen LogP contribution is -2.29. The number of rotatable bonds is 7. The molecule has 1 saturated carbocycles. The first kappa shape index (κ1) is 15.3. The van der Waals surface area contributed by atoms with Crippen molar-refractivity contribution in [2.24, 2.45) is 5.41 Å². The van der Waals surface area contributed by atoms with Crippen LogP contribution in [0.3, 0.4) is 0 Å². The predicted octanol–water partition coefficient (Wildman–Crippen LogP) is 2.63. The number of amides is 1. The molecule has 1 aromatic carbocycles. The Kier molecular flexibility index (Phi) is 3.90. The summed E-state index contributed by atoms with van der Waals surface area (Å²) < 4.78 is 5.46. The molecule has 0 unspecified atom stereocenters. The third-order valence-electron chi connectivity index (χ3n) is 4.21. The summed E-state index contributed by atoms with van der Waals surface area (Å²) in [4.78, 5) is 15.2. The maximum absolute atomic E-state index is 12.0. The number of nitrogens with one attached hydrogen (secondary N) is 4. The monoisotopic (exact) mass is 312 g/mol. The van der Waals surface area contributed by atoms with E-state index in [-0.39, 0.29) is 23.6 Å². The first-order chi connectivity index (χ1) is 11.0. The number of carbonyl (C=O) groups is 1. The van der Waals surface area contributed by atoms with Gasteiger partial charge in [0.25, 0.3) is 0 Å². The highest BCUT2D eigenvalue weighted by molar-refractivity contribution is 6.28. The van der Waals surface area contributed by atoms with Gasteiger partial charge < -0.3 is 25.9 Å². The third-order valence-corrected chi connectivity index (χ3v) is 4.21. The van der Waals surface area contributed by atoms with E-state index in [2.05, 4.69) is 10.3 Å². The Bertz CT molecular complexity index is 774. The van der Waals surface area contributed by atoms with Crippen LogP contribution in [0, 0.1) is 16.2 Å². The molecule has 0 radical (unpaired) electrons. The van der Waals surface area contributed by atoms with E-state index in [0.29, 0.717) is 12.3 Å². The van der Waals surface area contributed by atoms with E-state index in [0.717, 1.165) is 35.7 Å². The Morgan fingerprint density at radius 2 is 2.22 bits per heavy atom. The van der Waals surface area contributed by atoms with Gasteiger partial charge in [-0.05, 0) is 36.4 Å². The molecule has 0 atom stereocenters.